The fourth-order valence-corrected chi connectivity index (χ4v) is 2.50. The van der Waals surface area contributed by atoms with Crippen molar-refractivity contribution in [3.05, 3.63) is 63.9 Å². The number of methoxy groups -OCH3 is 1. The third-order valence-electron chi connectivity index (χ3n) is 3.15. The lowest BCUT2D eigenvalue weighted by Gasteiger charge is -2.17. The quantitative estimate of drug-likeness (QED) is 0.900. The minimum atomic E-state index is -0.465. The normalized spacial score (nSPS) is 11.8. The van der Waals surface area contributed by atoms with Gasteiger partial charge in [-0.05, 0) is 41.1 Å². The molecular formula is C16H15BrFNO2. The molecule has 0 spiro atoms. The van der Waals surface area contributed by atoms with E-state index in [2.05, 4.69) is 21.2 Å². The van der Waals surface area contributed by atoms with Gasteiger partial charge >= 0.3 is 0 Å². The number of rotatable bonds is 4. The molecule has 2 aromatic carbocycles. The summed E-state index contributed by atoms with van der Waals surface area (Å²) in [7, 11) is 1.58. The van der Waals surface area contributed by atoms with Gasteiger partial charge in [-0.1, -0.05) is 24.3 Å². The zero-order valence-corrected chi connectivity index (χ0v) is 13.3. The van der Waals surface area contributed by atoms with Crippen molar-refractivity contribution in [1.82, 2.24) is 5.32 Å². The highest BCUT2D eigenvalue weighted by atomic mass is 79.9. The number of ether oxygens (including phenoxy) is 1. The molecule has 110 valence electrons. The Morgan fingerprint density at radius 3 is 2.67 bits per heavy atom. The number of hydrogen-bond donors (Lipinski definition) is 1. The summed E-state index contributed by atoms with van der Waals surface area (Å²) in [6.07, 6.45) is 0. The Bertz CT molecular complexity index is 660. The maximum Gasteiger partial charge on any atom is 0.253 e. The Kier molecular flexibility index (Phi) is 4.96. The molecule has 0 aliphatic heterocycles. The number of nitrogens with one attached hydrogen (secondary N) is 1. The van der Waals surface area contributed by atoms with Crippen LogP contribution in [0.15, 0.2) is 46.9 Å². The van der Waals surface area contributed by atoms with Crippen LogP contribution in [-0.4, -0.2) is 13.0 Å². The monoisotopic (exact) mass is 351 g/mol. The van der Waals surface area contributed by atoms with E-state index >= 15 is 0 Å². The third-order valence-corrected chi connectivity index (χ3v) is 3.96. The molecule has 2 aromatic rings. The van der Waals surface area contributed by atoms with Crippen molar-refractivity contribution in [2.75, 3.05) is 7.11 Å². The number of carbonyl (C=O) groups excluding carboxylic acids is 1. The molecule has 0 fully saturated rings. The second kappa shape index (κ2) is 6.72. The van der Waals surface area contributed by atoms with Gasteiger partial charge in [-0.15, -0.1) is 0 Å². The zero-order valence-electron chi connectivity index (χ0n) is 11.7. The standard InChI is InChI=1S/C16H15BrFNO2/c1-10(11-6-3-4-9-14(11)21-2)19-16(20)12-7-5-8-13(18)15(12)17/h3-10H,1-2H3,(H,19,20). The molecule has 0 bridgehead atoms. The molecule has 0 saturated carbocycles. The second-order valence-corrected chi connectivity index (χ2v) is 5.33. The van der Waals surface area contributed by atoms with Gasteiger partial charge in [0.05, 0.1) is 23.2 Å². The lowest BCUT2D eigenvalue weighted by Crippen LogP contribution is -2.27. The Morgan fingerprint density at radius 1 is 1.24 bits per heavy atom. The van der Waals surface area contributed by atoms with Crippen molar-refractivity contribution in [2.45, 2.75) is 13.0 Å². The lowest BCUT2D eigenvalue weighted by molar-refractivity contribution is 0.0938. The third kappa shape index (κ3) is 3.42. The van der Waals surface area contributed by atoms with Crippen LogP contribution >= 0.6 is 15.9 Å². The van der Waals surface area contributed by atoms with Gasteiger partial charge in [-0.3, -0.25) is 4.79 Å². The van der Waals surface area contributed by atoms with Gasteiger partial charge in [0.15, 0.2) is 0 Å². The Labute approximate surface area is 131 Å². The molecule has 0 aliphatic carbocycles. The highest BCUT2D eigenvalue weighted by Crippen LogP contribution is 2.26. The van der Waals surface area contributed by atoms with E-state index in [-0.39, 0.29) is 22.0 Å². The van der Waals surface area contributed by atoms with E-state index in [1.807, 2.05) is 31.2 Å². The summed E-state index contributed by atoms with van der Waals surface area (Å²) in [5.41, 5.74) is 1.12. The molecule has 5 heteroatoms. The summed E-state index contributed by atoms with van der Waals surface area (Å²) in [6, 6.07) is 11.5. The summed E-state index contributed by atoms with van der Waals surface area (Å²) < 4.78 is 18.9. The van der Waals surface area contributed by atoms with Crippen LogP contribution in [0.1, 0.15) is 28.9 Å². The van der Waals surface area contributed by atoms with Crippen LogP contribution in [0.2, 0.25) is 0 Å². The average Bonchev–Trinajstić information content (AvgIpc) is 2.49. The van der Waals surface area contributed by atoms with E-state index in [0.717, 1.165) is 5.56 Å². The van der Waals surface area contributed by atoms with E-state index in [1.54, 1.807) is 13.2 Å². The van der Waals surface area contributed by atoms with Crippen molar-refractivity contribution in [3.8, 4) is 5.75 Å². The van der Waals surface area contributed by atoms with Crippen LogP contribution in [0, 0.1) is 5.82 Å². The fraction of sp³-hybridized carbons (Fsp3) is 0.188. The zero-order chi connectivity index (χ0) is 15.4. The van der Waals surface area contributed by atoms with Gasteiger partial charge in [-0.2, -0.15) is 0 Å². The lowest BCUT2D eigenvalue weighted by atomic mass is 10.1. The summed E-state index contributed by atoms with van der Waals surface area (Å²) in [5.74, 6) is -0.115. The first-order valence-electron chi connectivity index (χ1n) is 6.42. The minimum Gasteiger partial charge on any atom is -0.496 e. The van der Waals surface area contributed by atoms with Crippen LogP contribution in [0.25, 0.3) is 0 Å². The summed E-state index contributed by atoms with van der Waals surface area (Å²) in [4.78, 5) is 12.3. The van der Waals surface area contributed by atoms with Crippen molar-refractivity contribution < 1.29 is 13.9 Å². The minimum absolute atomic E-state index is 0.162. The smallest absolute Gasteiger partial charge is 0.253 e. The van der Waals surface area contributed by atoms with Crippen molar-refractivity contribution in [3.63, 3.8) is 0 Å². The van der Waals surface area contributed by atoms with Gasteiger partial charge in [-0.25, -0.2) is 4.39 Å². The Morgan fingerprint density at radius 2 is 1.95 bits per heavy atom. The molecule has 0 aromatic heterocycles. The number of benzene rings is 2. The van der Waals surface area contributed by atoms with Crippen LogP contribution in [0.3, 0.4) is 0 Å². The van der Waals surface area contributed by atoms with Crippen molar-refractivity contribution in [1.29, 1.82) is 0 Å². The molecule has 1 unspecified atom stereocenters. The van der Waals surface area contributed by atoms with Crippen molar-refractivity contribution >= 4 is 21.8 Å². The molecule has 0 radical (unpaired) electrons. The molecule has 2 rings (SSSR count). The Balaban J connectivity index is 2.21. The predicted octanol–water partition coefficient (Wildman–Crippen LogP) is 4.09. The van der Waals surface area contributed by atoms with Gasteiger partial charge in [0.1, 0.15) is 11.6 Å². The van der Waals surface area contributed by atoms with E-state index in [9.17, 15) is 9.18 Å². The molecule has 1 N–H and O–H groups in total. The molecule has 0 aliphatic rings. The molecular weight excluding hydrogens is 337 g/mol. The number of hydrogen-bond acceptors (Lipinski definition) is 2. The number of amides is 1. The fourth-order valence-electron chi connectivity index (χ4n) is 2.06. The van der Waals surface area contributed by atoms with Crippen LogP contribution in [-0.2, 0) is 0 Å². The maximum atomic E-state index is 13.5. The molecule has 1 atom stereocenters. The van der Waals surface area contributed by atoms with E-state index in [4.69, 9.17) is 4.74 Å². The van der Waals surface area contributed by atoms with Crippen molar-refractivity contribution in [2.24, 2.45) is 0 Å². The second-order valence-electron chi connectivity index (χ2n) is 4.54. The number of para-hydroxylation sites is 1. The Hall–Kier alpha value is -1.88. The highest BCUT2D eigenvalue weighted by molar-refractivity contribution is 9.10. The summed E-state index contributed by atoms with van der Waals surface area (Å²) in [5, 5.41) is 2.84. The topological polar surface area (TPSA) is 38.3 Å². The highest BCUT2D eigenvalue weighted by Gasteiger charge is 2.17. The van der Waals surface area contributed by atoms with E-state index in [1.165, 1.54) is 12.1 Å². The average molecular weight is 352 g/mol. The van der Waals surface area contributed by atoms with Crippen LogP contribution in [0.5, 0.6) is 5.75 Å². The molecule has 0 saturated heterocycles. The first-order chi connectivity index (χ1) is 10.0. The molecule has 0 heterocycles. The SMILES string of the molecule is COc1ccccc1C(C)NC(=O)c1cccc(F)c1Br. The number of halogens is 2. The first kappa shape index (κ1) is 15.5. The van der Waals surface area contributed by atoms with E-state index < -0.39 is 5.82 Å². The van der Waals surface area contributed by atoms with Crippen LogP contribution < -0.4 is 10.1 Å². The molecule has 3 nitrogen and oxygen atoms in total. The van der Waals surface area contributed by atoms with Gasteiger partial charge in [0.2, 0.25) is 0 Å². The van der Waals surface area contributed by atoms with Gasteiger partial charge in [0.25, 0.3) is 5.91 Å². The van der Waals surface area contributed by atoms with E-state index in [0.29, 0.717) is 5.75 Å². The summed E-state index contributed by atoms with van der Waals surface area (Å²) in [6.45, 7) is 1.85. The van der Waals surface area contributed by atoms with Gasteiger partial charge in [0, 0.05) is 5.56 Å². The molecule has 21 heavy (non-hydrogen) atoms. The van der Waals surface area contributed by atoms with Gasteiger partial charge < -0.3 is 10.1 Å². The number of carbonyl (C=O) groups is 1. The first-order valence-corrected chi connectivity index (χ1v) is 7.21. The van der Waals surface area contributed by atoms with Crippen LogP contribution in [0.4, 0.5) is 4.39 Å². The molecule has 1 amide bonds. The summed E-state index contributed by atoms with van der Waals surface area (Å²) >= 11 is 3.09. The predicted molar refractivity (Wildman–Crippen MR) is 83.0 cm³/mol. The maximum absolute atomic E-state index is 13.5. The largest absolute Gasteiger partial charge is 0.496 e.